The van der Waals surface area contributed by atoms with E-state index in [1.165, 1.54) is 12.1 Å². The Balaban J connectivity index is 2.75. The van der Waals surface area contributed by atoms with Gasteiger partial charge in [0.25, 0.3) is 0 Å². The number of ether oxygens (including phenoxy) is 1. The first kappa shape index (κ1) is 13.7. The molecule has 0 unspecified atom stereocenters. The second kappa shape index (κ2) is 5.78. The summed E-state index contributed by atoms with van der Waals surface area (Å²) in [4.78, 5) is 0. The minimum Gasteiger partial charge on any atom is -0.484 e. The Morgan fingerprint density at radius 3 is 2.53 bits per heavy atom. The van der Waals surface area contributed by atoms with Crippen molar-refractivity contribution in [2.45, 2.75) is 6.18 Å². The zero-order valence-electron chi connectivity index (χ0n) is 8.44. The van der Waals surface area contributed by atoms with Gasteiger partial charge in [0.05, 0.1) is 11.4 Å². The van der Waals surface area contributed by atoms with Crippen LogP contribution in [-0.4, -0.2) is 18.7 Å². The van der Waals surface area contributed by atoms with Gasteiger partial charge in [0.2, 0.25) is 0 Å². The Kier molecular flexibility index (Phi) is 4.64. The summed E-state index contributed by atoms with van der Waals surface area (Å²) >= 11 is 5.29. The van der Waals surface area contributed by atoms with Crippen LogP contribution in [0.3, 0.4) is 0 Å². The summed E-state index contributed by atoms with van der Waals surface area (Å²) in [5.41, 5.74) is 0.0602. The van der Waals surface area contributed by atoms with Crippen molar-refractivity contribution in [1.29, 1.82) is 0 Å². The van der Waals surface area contributed by atoms with Crippen molar-refractivity contribution in [2.24, 2.45) is 0 Å². The van der Waals surface area contributed by atoms with Gasteiger partial charge in [-0.05, 0) is 12.1 Å². The molecule has 1 rings (SSSR count). The molecule has 1 aromatic rings. The van der Waals surface area contributed by atoms with E-state index in [4.69, 9.17) is 11.6 Å². The van der Waals surface area contributed by atoms with E-state index >= 15 is 0 Å². The zero-order valence-corrected chi connectivity index (χ0v) is 9.20. The molecule has 0 aliphatic heterocycles. The van der Waals surface area contributed by atoms with Crippen molar-refractivity contribution in [3.8, 4) is 17.6 Å². The Morgan fingerprint density at radius 2 is 2.00 bits per heavy atom. The zero-order chi connectivity index (χ0) is 12.9. The summed E-state index contributed by atoms with van der Waals surface area (Å²) in [6.07, 6.45) is -4.45. The van der Waals surface area contributed by atoms with Crippen LogP contribution < -0.4 is 4.74 Å². The Morgan fingerprint density at radius 1 is 1.29 bits per heavy atom. The fourth-order valence-electron chi connectivity index (χ4n) is 0.981. The molecule has 0 radical (unpaired) electrons. The van der Waals surface area contributed by atoms with Crippen LogP contribution in [0.25, 0.3) is 0 Å². The van der Waals surface area contributed by atoms with Gasteiger partial charge in [-0.3, -0.25) is 0 Å². The third-order valence-electron chi connectivity index (χ3n) is 1.63. The molecule has 0 N–H and O–H groups in total. The highest BCUT2D eigenvalue weighted by molar-refractivity contribution is 6.19. The Labute approximate surface area is 100 Å². The van der Waals surface area contributed by atoms with Gasteiger partial charge < -0.3 is 4.74 Å². The largest absolute Gasteiger partial charge is 0.484 e. The summed E-state index contributed by atoms with van der Waals surface area (Å²) in [6, 6.07) is 3.30. The van der Waals surface area contributed by atoms with Gasteiger partial charge >= 0.3 is 6.18 Å². The molecule has 0 saturated carbocycles. The molecule has 6 heteroatoms. The first-order valence-electron chi connectivity index (χ1n) is 4.46. The van der Waals surface area contributed by atoms with E-state index in [2.05, 4.69) is 16.6 Å². The molecule has 0 amide bonds. The Hall–Kier alpha value is -1.41. The van der Waals surface area contributed by atoms with Crippen LogP contribution in [0.5, 0.6) is 5.75 Å². The maximum Gasteiger partial charge on any atom is 0.422 e. The maximum atomic E-state index is 13.3. The van der Waals surface area contributed by atoms with Crippen LogP contribution in [0, 0.1) is 17.7 Å². The molecule has 0 aromatic heterocycles. The Bertz CT molecular complexity index is 445. The van der Waals surface area contributed by atoms with E-state index < -0.39 is 18.6 Å². The monoisotopic (exact) mass is 266 g/mol. The van der Waals surface area contributed by atoms with E-state index in [0.29, 0.717) is 0 Å². The number of hydrogen-bond donors (Lipinski definition) is 0. The molecule has 0 aliphatic rings. The van der Waals surface area contributed by atoms with Gasteiger partial charge in [-0.2, -0.15) is 13.2 Å². The number of rotatable bonds is 2. The number of halogens is 5. The fourth-order valence-corrected chi connectivity index (χ4v) is 1.05. The SMILES string of the molecule is Fc1cc(OCC(F)(F)F)ccc1C#CCCl. The first-order valence-corrected chi connectivity index (χ1v) is 5.00. The van der Waals surface area contributed by atoms with Gasteiger partial charge in [0.1, 0.15) is 11.6 Å². The van der Waals surface area contributed by atoms with E-state index in [0.717, 1.165) is 6.07 Å². The molecular weight excluding hydrogens is 260 g/mol. The van der Waals surface area contributed by atoms with Crippen LogP contribution in [-0.2, 0) is 0 Å². The predicted octanol–water partition coefficient (Wildman–Crippen LogP) is 3.36. The van der Waals surface area contributed by atoms with Crippen molar-refractivity contribution in [3.05, 3.63) is 29.6 Å². The van der Waals surface area contributed by atoms with E-state index in [1.54, 1.807) is 0 Å². The lowest BCUT2D eigenvalue weighted by molar-refractivity contribution is -0.153. The van der Waals surface area contributed by atoms with Gasteiger partial charge in [0.15, 0.2) is 6.61 Å². The average molecular weight is 267 g/mol. The third kappa shape index (κ3) is 4.96. The van der Waals surface area contributed by atoms with Gasteiger partial charge in [0, 0.05) is 6.07 Å². The predicted molar refractivity (Wildman–Crippen MR) is 55.5 cm³/mol. The highest BCUT2D eigenvalue weighted by Gasteiger charge is 2.28. The molecule has 0 saturated heterocycles. The van der Waals surface area contributed by atoms with Crippen molar-refractivity contribution < 1.29 is 22.3 Å². The molecule has 0 spiro atoms. The molecule has 92 valence electrons. The summed E-state index contributed by atoms with van der Waals surface area (Å²) in [7, 11) is 0. The summed E-state index contributed by atoms with van der Waals surface area (Å²) in [6.45, 7) is -1.46. The van der Waals surface area contributed by atoms with Crippen molar-refractivity contribution in [1.82, 2.24) is 0 Å². The molecule has 0 atom stereocenters. The van der Waals surface area contributed by atoms with Gasteiger partial charge in [-0.15, -0.1) is 11.6 Å². The van der Waals surface area contributed by atoms with Crippen molar-refractivity contribution in [3.63, 3.8) is 0 Å². The summed E-state index contributed by atoms with van der Waals surface area (Å²) < 4.78 is 53.2. The molecule has 0 fully saturated rings. The summed E-state index contributed by atoms with van der Waals surface area (Å²) in [5.74, 6) is 3.96. The smallest absolute Gasteiger partial charge is 0.422 e. The van der Waals surface area contributed by atoms with Crippen LogP contribution in [0.15, 0.2) is 18.2 Å². The van der Waals surface area contributed by atoms with Crippen LogP contribution in [0.2, 0.25) is 0 Å². The number of alkyl halides is 4. The molecule has 1 nitrogen and oxygen atoms in total. The fraction of sp³-hybridized carbons (Fsp3) is 0.273. The van der Waals surface area contributed by atoms with Gasteiger partial charge in [-0.1, -0.05) is 11.8 Å². The highest BCUT2D eigenvalue weighted by Crippen LogP contribution is 2.20. The molecule has 0 aliphatic carbocycles. The van der Waals surface area contributed by atoms with E-state index in [1.807, 2.05) is 0 Å². The van der Waals surface area contributed by atoms with Crippen molar-refractivity contribution >= 4 is 11.6 Å². The van der Waals surface area contributed by atoms with Crippen molar-refractivity contribution in [2.75, 3.05) is 12.5 Å². The third-order valence-corrected chi connectivity index (χ3v) is 1.77. The summed E-state index contributed by atoms with van der Waals surface area (Å²) in [5, 5.41) is 0. The minimum atomic E-state index is -4.45. The molecule has 1 aromatic carbocycles. The quantitative estimate of drug-likeness (QED) is 0.453. The minimum absolute atomic E-state index is 0.0474. The second-order valence-electron chi connectivity index (χ2n) is 2.98. The van der Waals surface area contributed by atoms with Crippen LogP contribution >= 0.6 is 11.6 Å². The topological polar surface area (TPSA) is 9.23 Å². The first-order chi connectivity index (χ1) is 7.92. The standard InChI is InChI=1S/C11H7ClF4O/c12-5-1-2-8-3-4-9(6-10(8)13)17-7-11(14,15)16/h3-4,6H,5,7H2. The molecule has 0 bridgehead atoms. The highest BCUT2D eigenvalue weighted by atomic mass is 35.5. The molecule has 0 heterocycles. The lowest BCUT2D eigenvalue weighted by atomic mass is 10.2. The maximum absolute atomic E-state index is 13.3. The number of benzene rings is 1. The van der Waals surface area contributed by atoms with Crippen LogP contribution in [0.4, 0.5) is 17.6 Å². The number of hydrogen-bond acceptors (Lipinski definition) is 1. The molecule has 17 heavy (non-hydrogen) atoms. The normalized spacial score (nSPS) is 10.6. The van der Waals surface area contributed by atoms with E-state index in [9.17, 15) is 17.6 Å². The lowest BCUT2D eigenvalue weighted by Crippen LogP contribution is -2.19. The van der Waals surface area contributed by atoms with Crippen LogP contribution in [0.1, 0.15) is 5.56 Å². The lowest BCUT2D eigenvalue weighted by Gasteiger charge is -2.09. The second-order valence-corrected chi connectivity index (χ2v) is 3.25. The van der Waals surface area contributed by atoms with E-state index in [-0.39, 0.29) is 17.2 Å². The average Bonchev–Trinajstić information content (AvgIpc) is 2.24. The molecular formula is C11H7ClF4O. The van der Waals surface area contributed by atoms with Gasteiger partial charge in [-0.25, -0.2) is 4.39 Å².